The maximum absolute atomic E-state index is 4.33. The molecule has 0 spiro atoms. The molecule has 1 saturated carbocycles. The van der Waals surface area contributed by atoms with Gasteiger partial charge in [0.25, 0.3) is 0 Å². The number of pyridine rings is 1. The molecule has 0 amide bonds. The molecule has 0 unspecified atom stereocenters. The third-order valence-electron chi connectivity index (χ3n) is 2.80. The van der Waals surface area contributed by atoms with Crippen molar-refractivity contribution in [3.8, 4) is 0 Å². The van der Waals surface area contributed by atoms with Crippen molar-refractivity contribution in [3.05, 3.63) is 23.9 Å². The fourth-order valence-corrected chi connectivity index (χ4v) is 1.68. The fourth-order valence-electron chi connectivity index (χ4n) is 1.68. The van der Waals surface area contributed by atoms with Crippen LogP contribution in [0.15, 0.2) is 18.3 Å². The zero-order chi connectivity index (χ0) is 9.31. The van der Waals surface area contributed by atoms with Crippen molar-refractivity contribution < 1.29 is 0 Å². The molecule has 70 valence electrons. The molecule has 1 aromatic rings. The first-order valence-electron chi connectivity index (χ1n) is 4.89. The number of rotatable bonds is 2. The summed E-state index contributed by atoms with van der Waals surface area (Å²) in [5.41, 5.74) is 1.52. The van der Waals surface area contributed by atoms with E-state index in [2.05, 4.69) is 36.3 Å². The lowest BCUT2D eigenvalue weighted by molar-refractivity contribution is 0.306. The molecule has 0 atom stereocenters. The van der Waals surface area contributed by atoms with E-state index < -0.39 is 0 Å². The van der Waals surface area contributed by atoms with Gasteiger partial charge >= 0.3 is 0 Å². The SMILES string of the molecule is Cc1ccc(NC2(C)CCC2)nc1. The minimum Gasteiger partial charge on any atom is -0.365 e. The molecule has 0 radical (unpaired) electrons. The largest absolute Gasteiger partial charge is 0.365 e. The molecule has 2 rings (SSSR count). The number of hydrogen-bond donors (Lipinski definition) is 1. The van der Waals surface area contributed by atoms with Gasteiger partial charge in [0.05, 0.1) is 0 Å². The van der Waals surface area contributed by atoms with Crippen molar-refractivity contribution in [2.75, 3.05) is 5.32 Å². The summed E-state index contributed by atoms with van der Waals surface area (Å²) in [5, 5.41) is 3.47. The van der Waals surface area contributed by atoms with E-state index in [0.29, 0.717) is 5.54 Å². The van der Waals surface area contributed by atoms with Crippen LogP contribution >= 0.6 is 0 Å². The number of aryl methyl sites for hydroxylation is 1. The predicted octanol–water partition coefficient (Wildman–Crippen LogP) is 2.74. The zero-order valence-electron chi connectivity index (χ0n) is 8.30. The number of anilines is 1. The molecule has 0 aromatic carbocycles. The van der Waals surface area contributed by atoms with Gasteiger partial charge in [-0.2, -0.15) is 0 Å². The Morgan fingerprint density at radius 2 is 2.15 bits per heavy atom. The van der Waals surface area contributed by atoms with Gasteiger partial charge < -0.3 is 5.32 Å². The molecule has 0 aliphatic heterocycles. The number of nitrogens with zero attached hydrogens (tertiary/aromatic N) is 1. The topological polar surface area (TPSA) is 24.9 Å². The lowest BCUT2D eigenvalue weighted by Gasteiger charge is -2.39. The van der Waals surface area contributed by atoms with Crippen LogP contribution in [0.25, 0.3) is 0 Å². The zero-order valence-corrected chi connectivity index (χ0v) is 8.30. The Labute approximate surface area is 79.4 Å². The van der Waals surface area contributed by atoms with Crippen LogP contribution in [0.5, 0.6) is 0 Å². The van der Waals surface area contributed by atoms with E-state index in [1.165, 1.54) is 24.8 Å². The Bertz CT molecular complexity index is 285. The van der Waals surface area contributed by atoms with Crippen LogP contribution in [0, 0.1) is 6.92 Å². The first-order chi connectivity index (χ1) is 6.18. The van der Waals surface area contributed by atoms with Crippen LogP contribution in [0.2, 0.25) is 0 Å². The van der Waals surface area contributed by atoms with Crippen molar-refractivity contribution in [3.63, 3.8) is 0 Å². The third kappa shape index (κ3) is 1.82. The van der Waals surface area contributed by atoms with Gasteiger partial charge in [-0.05, 0) is 44.7 Å². The quantitative estimate of drug-likeness (QED) is 0.749. The highest BCUT2D eigenvalue weighted by Crippen LogP contribution is 2.33. The minimum atomic E-state index is 0.308. The van der Waals surface area contributed by atoms with Gasteiger partial charge in [-0.15, -0.1) is 0 Å². The average Bonchev–Trinajstić information content (AvgIpc) is 2.06. The molecule has 1 fully saturated rings. The van der Waals surface area contributed by atoms with Gasteiger partial charge in [-0.25, -0.2) is 4.98 Å². The highest BCUT2D eigenvalue weighted by Gasteiger charge is 2.31. The molecule has 1 aliphatic carbocycles. The van der Waals surface area contributed by atoms with Crippen molar-refractivity contribution >= 4 is 5.82 Å². The molecular formula is C11H16N2. The lowest BCUT2D eigenvalue weighted by Crippen LogP contribution is -2.41. The van der Waals surface area contributed by atoms with Gasteiger partial charge in [-0.1, -0.05) is 6.07 Å². The molecule has 1 heterocycles. The van der Waals surface area contributed by atoms with E-state index >= 15 is 0 Å². The summed E-state index contributed by atoms with van der Waals surface area (Å²) in [7, 11) is 0. The maximum Gasteiger partial charge on any atom is 0.126 e. The van der Waals surface area contributed by atoms with Crippen LogP contribution in [0.4, 0.5) is 5.82 Å². The number of nitrogens with one attached hydrogen (secondary N) is 1. The number of hydrogen-bond acceptors (Lipinski definition) is 2. The van der Waals surface area contributed by atoms with E-state index in [1.54, 1.807) is 0 Å². The van der Waals surface area contributed by atoms with Crippen LogP contribution in [0.1, 0.15) is 31.7 Å². The number of aromatic nitrogens is 1. The molecule has 2 heteroatoms. The van der Waals surface area contributed by atoms with Crippen molar-refractivity contribution in [2.24, 2.45) is 0 Å². The predicted molar refractivity (Wildman–Crippen MR) is 54.9 cm³/mol. The molecule has 13 heavy (non-hydrogen) atoms. The summed E-state index contributed by atoms with van der Waals surface area (Å²) < 4.78 is 0. The van der Waals surface area contributed by atoms with E-state index in [-0.39, 0.29) is 0 Å². The highest BCUT2D eigenvalue weighted by atomic mass is 15.1. The van der Waals surface area contributed by atoms with E-state index in [0.717, 1.165) is 5.82 Å². The standard InChI is InChI=1S/C11H16N2/c1-9-4-5-10(12-8-9)13-11(2)6-3-7-11/h4-5,8H,3,6-7H2,1-2H3,(H,12,13). The second-order valence-electron chi connectivity index (χ2n) is 4.26. The van der Waals surface area contributed by atoms with Gasteiger partial charge in [0.15, 0.2) is 0 Å². The van der Waals surface area contributed by atoms with E-state index in [1.807, 2.05) is 6.20 Å². The van der Waals surface area contributed by atoms with Crippen LogP contribution in [0.3, 0.4) is 0 Å². The van der Waals surface area contributed by atoms with Crippen molar-refractivity contribution in [1.29, 1.82) is 0 Å². The summed E-state index contributed by atoms with van der Waals surface area (Å²) in [6, 6.07) is 4.15. The molecule has 1 N–H and O–H groups in total. The highest BCUT2D eigenvalue weighted by molar-refractivity contribution is 5.39. The smallest absolute Gasteiger partial charge is 0.126 e. The van der Waals surface area contributed by atoms with Gasteiger partial charge in [-0.3, -0.25) is 0 Å². The molecule has 0 saturated heterocycles. The summed E-state index contributed by atoms with van der Waals surface area (Å²) >= 11 is 0. The Morgan fingerprint density at radius 3 is 2.62 bits per heavy atom. The van der Waals surface area contributed by atoms with Crippen LogP contribution in [-0.2, 0) is 0 Å². The molecule has 0 bridgehead atoms. The average molecular weight is 176 g/mol. The minimum absolute atomic E-state index is 0.308. The van der Waals surface area contributed by atoms with Gasteiger partial charge in [0.1, 0.15) is 5.82 Å². The van der Waals surface area contributed by atoms with Crippen LogP contribution < -0.4 is 5.32 Å². The molecular weight excluding hydrogens is 160 g/mol. The Hall–Kier alpha value is -1.05. The Morgan fingerprint density at radius 1 is 1.38 bits per heavy atom. The van der Waals surface area contributed by atoms with E-state index in [9.17, 15) is 0 Å². The first kappa shape index (κ1) is 8.54. The molecule has 1 aliphatic rings. The van der Waals surface area contributed by atoms with Gasteiger partial charge in [0, 0.05) is 11.7 Å². The Kier molecular flexibility index (Phi) is 1.98. The van der Waals surface area contributed by atoms with E-state index in [4.69, 9.17) is 0 Å². The summed E-state index contributed by atoms with van der Waals surface area (Å²) in [5.74, 6) is 1.01. The normalized spacial score (nSPS) is 19.2. The summed E-state index contributed by atoms with van der Waals surface area (Å²) in [6.45, 7) is 4.32. The lowest BCUT2D eigenvalue weighted by atomic mass is 9.78. The third-order valence-corrected chi connectivity index (χ3v) is 2.80. The second-order valence-corrected chi connectivity index (χ2v) is 4.26. The second kappa shape index (κ2) is 3.02. The summed E-state index contributed by atoms with van der Waals surface area (Å²) in [4.78, 5) is 4.33. The monoisotopic (exact) mass is 176 g/mol. The first-order valence-corrected chi connectivity index (χ1v) is 4.89. The fraction of sp³-hybridized carbons (Fsp3) is 0.545. The maximum atomic E-state index is 4.33. The Balaban J connectivity index is 2.05. The summed E-state index contributed by atoms with van der Waals surface area (Å²) in [6.07, 6.45) is 5.78. The molecule has 2 nitrogen and oxygen atoms in total. The van der Waals surface area contributed by atoms with Gasteiger partial charge in [0.2, 0.25) is 0 Å². The van der Waals surface area contributed by atoms with Crippen molar-refractivity contribution in [1.82, 2.24) is 4.98 Å². The van der Waals surface area contributed by atoms with Crippen LogP contribution in [-0.4, -0.2) is 10.5 Å². The molecule has 1 aromatic heterocycles. The van der Waals surface area contributed by atoms with Crippen molar-refractivity contribution in [2.45, 2.75) is 38.6 Å².